The van der Waals surface area contributed by atoms with Crippen molar-refractivity contribution < 1.29 is 9.59 Å². The van der Waals surface area contributed by atoms with Gasteiger partial charge in [0.15, 0.2) is 5.78 Å². The van der Waals surface area contributed by atoms with Gasteiger partial charge in [0.05, 0.1) is 6.33 Å². The number of hydrogen-bond donors (Lipinski definition) is 1. The maximum atomic E-state index is 12.5. The van der Waals surface area contributed by atoms with Gasteiger partial charge < -0.3 is 9.88 Å². The molecular weight excluding hydrogens is 350 g/mol. The van der Waals surface area contributed by atoms with Crippen LogP contribution in [0.25, 0.3) is 11.1 Å². The molecule has 1 amide bonds. The second-order valence-electron chi connectivity index (χ2n) is 6.84. The number of carbonyl (C=O) groups excluding carboxylic acids is 2. The lowest BCUT2D eigenvalue weighted by atomic mass is 9.99. The zero-order valence-corrected chi connectivity index (χ0v) is 16.3. The summed E-state index contributed by atoms with van der Waals surface area (Å²) in [6, 6.07) is 15.3. The summed E-state index contributed by atoms with van der Waals surface area (Å²) in [5, 5.41) is 2.98. The van der Waals surface area contributed by atoms with Crippen molar-refractivity contribution >= 4 is 11.7 Å². The van der Waals surface area contributed by atoms with Gasteiger partial charge in [-0.15, -0.1) is 0 Å². The molecule has 144 valence electrons. The molecule has 1 N–H and O–H groups in total. The molecule has 0 saturated carbocycles. The lowest BCUT2D eigenvalue weighted by molar-refractivity contribution is 0.0950. The molecule has 1 atom stereocenters. The van der Waals surface area contributed by atoms with Crippen LogP contribution in [0.3, 0.4) is 0 Å². The highest BCUT2D eigenvalue weighted by atomic mass is 16.1. The number of nitrogens with one attached hydrogen (secondary N) is 1. The van der Waals surface area contributed by atoms with E-state index in [9.17, 15) is 9.59 Å². The molecule has 28 heavy (non-hydrogen) atoms. The van der Waals surface area contributed by atoms with Crippen LogP contribution in [0.5, 0.6) is 0 Å². The predicted octanol–water partition coefficient (Wildman–Crippen LogP) is 4.52. The van der Waals surface area contributed by atoms with E-state index in [-0.39, 0.29) is 17.7 Å². The summed E-state index contributed by atoms with van der Waals surface area (Å²) in [5.74, 6) is 0.0169. The first kappa shape index (κ1) is 19.5. The number of rotatable bonds is 8. The predicted molar refractivity (Wildman–Crippen MR) is 110 cm³/mol. The van der Waals surface area contributed by atoms with E-state index in [0.717, 1.165) is 17.5 Å². The van der Waals surface area contributed by atoms with Gasteiger partial charge >= 0.3 is 0 Å². The Labute approximate surface area is 165 Å². The van der Waals surface area contributed by atoms with Crippen LogP contribution in [0.1, 0.15) is 53.4 Å². The molecule has 5 nitrogen and oxygen atoms in total. The van der Waals surface area contributed by atoms with Gasteiger partial charge in [0.1, 0.15) is 0 Å². The number of nitrogens with zero attached hydrogens (tertiary/aromatic N) is 2. The van der Waals surface area contributed by atoms with Crippen LogP contribution in [0.15, 0.2) is 67.3 Å². The summed E-state index contributed by atoms with van der Waals surface area (Å²) in [6.45, 7) is 4.54. The number of hydrogen-bond acceptors (Lipinski definition) is 3. The van der Waals surface area contributed by atoms with Crippen molar-refractivity contribution in [3.63, 3.8) is 0 Å². The van der Waals surface area contributed by atoms with E-state index in [0.29, 0.717) is 24.1 Å². The molecule has 0 aliphatic rings. The number of Topliss-reactive ketones (excluding diaryl/α,β-unsaturated/α-hetero) is 1. The van der Waals surface area contributed by atoms with E-state index in [1.54, 1.807) is 18.6 Å². The standard InChI is InChI=1S/C23H25N3O2/c1-3-22(27)20-8-4-6-18(14-20)19-7-5-9-21(15-19)23(28)25-11-10-17(2)26-13-12-24-16-26/h4-9,12-17H,3,10-11H2,1-2H3,(H,25,28)/t17-/m1/s1. The Balaban J connectivity index is 1.66. The molecule has 0 unspecified atom stereocenters. The summed E-state index contributed by atoms with van der Waals surface area (Å²) < 4.78 is 2.03. The molecule has 0 spiro atoms. The van der Waals surface area contributed by atoms with Crippen molar-refractivity contribution in [3.8, 4) is 11.1 Å². The quantitative estimate of drug-likeness (QED) is 0.589. The third-order valence-corrected chi connectivity index (χ3v) is 4.85. The van der Waals surface area contributed by atoms with Gasteiger partial charge in [0, 0.05) is 42.5 Å². The van der Waals surface area contributed by atoms with Crippen molar-refractivity contribution in [2.75, 3.05) is 6.54 Å². The maximum absolute atomic E-state index is 12.5. The minimum atomic E-state index is -0.0968. The Bertz CT molecular complexity index is 948. The average molecular weight is 375 g/mol. The summed E-state index contributed by atoms with van der Waals surface area (Å²) >= 11 is 0. The molecule has 0 saturated heterocycles. The summed E-state index contributed by atoms with van der Waals surface area (Å²) in [5.41, 5.74) is 3.16. The fraction of sp³-hybridized carbons (Fsp3) is 0.261. The van der Waals surface area contributed by atoms with Crippen LogP contribution in [0, 0.1) is 0 Å². The summed E-state index contributed by atoms with van der Waals surface area (Å²) in [6.07, 6.45) is 6.76. The monoisotopic (exact) mass is 375 g/mol. The van der Waals surface area contributed by atoms with Crippen LogP contribution in [0.2, 0.25) is 0 Å². The fourth-order valence-electron chi connectivity index (χ4n) is 3.09. The van der Waals surface area contributed by atoms with Crippen LogP contribution < -0.4 is 5.32 Å². The topological polar surface area (TPSA) is 64.0 Å². The highest BCUT2D eigenvalue weighted by molar-refractivity contribution is 5.98. The third-order valence-electron chi connectivity index (χ3n) is 4.85. The maximum Gasteiger partial charge on any atom is 0.251 e. The first-order valence-corrected chi connectivity index (χ1v) is 9.58. The van der Waals surface area contributed by atoms with Gasteiger partial charge in [-0.2, -0.15) is 0 Å². The van der Waals surface area contributed by atoms with Crippen molar-refractivity contribution in [2.24, 2.45) is 0 Å². The molecule has 0 aliphatic carbocycles. The third kappa shape index (κ3) is 4.74. The van der Waals surface area contributed by atoms with E-state index in [4.69, 9.17) is 0 Å². The van der Waals surface area contributed by atoms with Crippen LogP contribution in [0.4, 0.5) is 0 Å². The van der Waals surface area contributed by atoms with E-state index in [1.165, 1.54) is 0 Å². The Morgan fingerprint density at radius 2 is 1.75 bits per heavy atom. The van der Waals surface area contributed by atoms with Gasteiger partial charge in [-0.1, -0.05) is 37.3 Å². The Morgan fingerprint density at radius 1 is 1.07 bits per heavy atom. The van der Waals surface area contributed by atoms with E-state index in [2.05, 4.69) is 17.2 Å². The lowest BCUT2D eigenvalue weighted by Crippen LogP contribution is -2.26. The summed E-state index contributed by atoms with van der Waals surface area (Å²) in [4.78, 5) is 28.5. The fourth-order valence-corrected chi connectivity index (χ4v) is 3.09. The van der Waals surface area contributed by atoms with Crippen LogP contribution in [-0.4, -0.2) is 27.8 Å². The molecule has 0 fully saturated rings. The summed E-state index contributed by atoms with van der Waals surface area (Å²) in [7, 11) is 0. The molecule has 1 heterocycles. The Hall–Kier alpha value is -3.21. The zero-order valence-electron chi connectivity index (χ0n) is 16.3. The van der Waals surface area contributed by atoms with Crippen LogP contribution >= 0.6 is 0 Å². The number of ketones is 1. The van der Waals surface area contributed by atoms with Gasteiger partial charge in [0.25, 0.3) is 5.91 Å². The van der Waals surface area contributed by atoms with Crippen LogP contribution in [-0.2, 0) is 0 Å². The number of amides is 1. The zero-order chi connectivity index (χ0) is 19.9. The Morgan fingerprint density at radius 3 is 2.39 bits per heavy atom. The number of aromatic nitrogens is 2. The number of benzene rings is 2. The van der Waals surface area contributed by atoms with Crippen molar-refractivity contribution in [3.05, 3.63) is 78.4 Å². The minimum Gasteiger partial charge on any atom is -0.352 e. The van der Waals surface area contributed by atoms with E-state index < -0.39 is 0 Å². The van der Waals surface area contributed by atoms with Gasteiger partial charge in [-0.25, -0.2) is 4.98 Å². The molecule has 0 bridgehead atoms. The largest absolute Gasteiger partial charge is 0.352 e. The molecule has 1 aromatic heterocycles. The lowest BCUT2D eigenvalue weighted by Gasteiger charge is -2.13. The molecule has 0 aliphatic heterocycles. The number of imidazole rings is 1. The van der Waals surface area contributed by atoms with E-state index >= 15 is 0 Å². The molecular formula is C23H25N3O2. The second-order valence-corrected chi connectivity index (χ2v) is 6.84. The number of carbonyl (C=O) groups is 2. The molecule has 3 aromatic rings. The average Bonchev–Trinajstić information content (AvgIpc) is 3.28. The van der Waals surface area contributed by atoms with E-state index in [1.807, 2.05) is 60.2 Å². The second kappa shape index (κ2) is 9.13. The molecule has 5 heteroatoms. The van der Waals surface area contributed by atoms with Gasteiger partial charge in [-0.3, -0.25) is 9.59 Å². The van der Waals surface area contributed by atoms with Crippen molar-refractivity contribution in [2.45, 2.75) is 32.7 Å². The molecule has 3 rings (SSSR count). The Kier molecular flexibility index (Phi) is 6.37. The van der Waals surface area contributed by atoms with Crippen molar-refractivity contribution in [1.29, 1.82) is 0 Å². The first-order chi connectivity index (χ1) is 13.6. The first-order valence-electron chi connectivity index (χ1n) is 9.58. The molecule has 2 aromatic carbocycles. The molecule has 0 radical (unpaired) electrons. The SMILES string of the molecule is CCC(=O)c1cccc(-c2cccc(C(=O)NCC[C@@H](C)n3ccnc3)c2)c1. The van der Waals surface area contributed by atoms with Gasteiger partial charge in [-0.05, 0) is 42.7 Å². The van der Waals surface area contributed by atoms with Crippen molar-refractivity contribution in [1.82, 2.24) is 14.9 Å². The highest BCUT2D eigenvalue weighted by Gasteiger charge is 2.10. The minimum absolute atomic E-state index is 0.0968. The smallest absolute Gasteiger partial charge is 0.251 e. The normalized spacial score (nSPS) is 11.8. The van der Waals surface area contributed by atoms with Gasteiger partial charge in [0.2, 0.25) is 0 Å². The highest BCUT2D eigenvalue weighted by Crippen LogP contribution is 2.22.